The van der Waals surface area contributed by atoms with Gasteiger partial charge in [-0.3, -0.25) is 4.79 Å². The number of carbonyl (C=O) groups excluding carboxylic acids is 1. The van der Waals surface area contributed by atoms with Crippen LogP contribution in [0.3, 0.4) is 0 Å². The lowest BCUT2D eigenvalue weighted by Gasteiger charge is -2.11. The minimum Gasteiger partial charge on any atom is -0.322 e. The summed E-state index contributed by atoms with van der Waals surface area (Å²) in [6, 6.07) is 4.68. The Kier molecular flexibility index (Phi) is 3.59. The van der Waals surface area contributed by atoms with Crippen molar-refractivity contribution < 1.29 is 4.79 Å². The molecule has 0 atom stereocenters. The van der Waals surface area contributed by atoms with Gasteiger partial charge in [-0.15, -0.1) is 0 Å². The second-order valence-corrected chi connectivity index (χ2v) is 3.89. The molecule has 0 saturated carbocycles. The number of halogens is 2. The fourth-order valence-corrected chi connectivity index (χ4v) is 1.47. The third-order valence-corrected chi connectivity index (χ3v) is 2.69. The first-order valence-corrected chi connectivity index (χ1v) is 5.19. The molecular formula is C8H9Cl2N5O. The Bertz CT molecular complexity index is 407. The van der Waals surface area contributed by atoms with Crippen molar-refractivity contribution in [3.8, 4) is 0 Å². The SMILES string of the molecule is O=C(NC1NNNN1)c1ccc(Cl)c(Cl)c1. The van der Waals surface area contributed by atoms with Gasteiger partial charge < -0.3 is 5.32 Å². The van der Waals surface area contributed by atoms with Crippen LogP contribution >= 0.6 is 23.2 Å². The van der Waals surface area contributed by atoms with Gasteiger partial charge in [0.25, 0.3) is 5.91 Å². The quantitative estimate of drug-likeness (QED) is 0.523. The molecule has 0 spiro atoms. The van der Waals surface area contributed by atoms with Crippen LogP contribution in [0.25, 0.3) is 0 Å². The van der Waals surface area contributed by atoms with Crippen LogP contribution in [0.2, 0.25) is 10.0 Å². The lowest BCUT2D eigenvalue weighted by atomic mass is 10.2. The molecule has 0 unspecified atom stereocenters. The van der Waals surface area contributed by atoms with Crippen molar-refractivity contribution in [1.82, 2.24) is 27.2 Å². The van der Waals surface area contributed by atoms with Crippen LogP contribution in [0.4, 0.5) is 0 Å². The molecule has 1 aliphatic heterocycles. The van der Waals surface area contributed by atoms with E-state index in [2.05, 4.69) is 27.2 Å². The fourth-order valence-electron chi connectivity index (χ4n) is 1.18. The summed E-state index contributed by atoms with van der Waals surface area (Å²) in [7, 11) is 0. The Morgan fingerprint density at radius 2 is 1.88 bits per heavy atom. The lowest BCUT2D eigenvalue weighted by molar-refractivity contribution is 0.0927. The van der Waals surface area contributed by atoms with Crippen LogP contribution in [-0.4, -0.2) is 12.2 Å². The van der Waals surface area contributed by atoms with Gasteiger partial charge in [0.2, 0.25) is 0 Å². The first-order valence-electron chi connectivity index (χ1n) is 4.44. The van der Waals surface area contributed by atoms with Crippen molar-refractivity contribution in [1.29, 1.82) is 0 Å². The molecule has 1 amide bonds. The van der Waals surface area contributed by atoms with Crippen molar-refractivity contribution in [2.24, 2.45) is 0 Å². The molecule has 0 aromatic heterocycles. The van der Waals surface area contributed by atoms with Gasteiger partial charge in [-0.1, -0.05) is 23.2 Å². The molecule has 1 aromatic rings. The first kappa shape index (κ1) is 11.6. The van der Waals surface area contributed by atoms with E-state index >= 15 is 0 Å². The number of hydrogen-bond acceptors (Lipinski definition) is 5. The maximum absolute atomic E-state index is 11.7. The van der Waals surface area contributed by atoms with Gasteiger partial charge in [-0.2, -0.15) is 11.1 Å². The van der Waals surface area contributed by atoms with Gasteiger partial charge in [-0.05, 0) is 18.2 Å². The fraction of sp³-hybridized carbons (Fsp3) is 0.125. The van der Waals surface area contributed by atoms with Crippen LogP contribution in [0.15, 0.2) is 18.2 Å². The number of nitrogens with one attached hydrogen (secondary N) is 5. The van der Waals surface area contributed by atoms with Crippen LogP contribution in [0.1, 0.15) is 10.4 Å². The number of hydrogen-bond donors (Lipinski definition) is 5. The normalized spacial score (nSPS) is 16.4. The van der Waals surface area contributed by atoms with Gasteiger partial charge >= 0.3 is 0 Å². The highest BCUT2D eigenvalue weighted by atomic mass is 35.5. The molecule has 1 saturated heterocycles. The first-order chi connectivity index (χ1) is 7.66. The molecule has 6 nitrogen and oxygen atoms in total. The molecule has 5 N–H and O–H groups in total. The average molecular weight is 262 g/mol. The molecule has 86 valence electrons. The Morgan fingerprint density at radius 3 is 2.50 bits per heavy atom. The summed E-state index contributed by atoms with van der Waals surface area (Å²) >= 11 is 11.6. The van der Waals surface area contributed by atoms with Gasteiger partial charge in [0.1, 0.15) is 0 Å². The van der Waals surface area contributed by atoms with Crippen molar-refractivity contribution in [2.75, 3.05) is 0 Å². The van der Waals surface area contributed by atoms with Crippen molar-refractivity contribution in [3.63, 3.8) is 0 Å². The number of carbonyl (C=O) groups is 1. The smallest absolute Gasteiger partial charge is 0.253 e. The Balaban J connectivity index is 2.05. The summed E-state index contributed by atoms with van der Waals surface area (Å²) in [6.07, 6.45) is -0.401. The second kappa shape index (κ2) is 4.96. The Labute approximate surface area is 102 Å². The zero-order chi connectivity index (χ0) is 11.5. The molecule has 0 radical (unpaired) electrons. The summed E-state index contributed by atoms with van der Waals surface area (Å²) in [5, 5.41) is 3.41. The molecule has 1 aliphatic rings. The summed E-state index contributed by atoms with van der Waals surface area (Å²) in [5.41, 5.74) is 11.0. The van der Waals surface area contributed by atoms with Gasteiger partial charge in [0.15, 0.2) is 6.29 Å². The summed E-state index contributed by atoms with van der Waals surface area (Å²) in [4.78, 5) is 11.7. The second-order valence-electron chi connectivity index (χ2n) is 3.07. The monoisotopic (exact) mass is 261 g/mol. The lowest BCUT2D eigenvalue weighted by Crippen LogP contribution is -2.49. The molecule has 16 heavy (non-hydrogen) atoms. The van der Waals surface area contributed by atoms with Crippen molar-refractivity contribution in [2.45, 2.75) is 6.29 Å². The van der Waals surface area contributed by atoms with Gasteiger partial charge in [0, 0.05) is 5.56 Å². The molecule has 1 fully saturated rings. The zero-order valence-corrected chi connectivity index (χ0v) is 9.49. The zero-order valence-electron chi connectivity index (χ0n) is 7.97. The number of rotatable bonds is 2. The van der Waals surface area contributed by atoms with E-state index in [4.69, 9.17) is 23.2 Å². The largest absolute Gasteiger partial charge is 0.322 e. The maximum Gasteiger partial charge on any atom is 0.253 e. The van der Waals surface area contributed by atoms with Gasteiger partial charge in [-0.25, -0.2) is 10.9 Å². The van der Waals surface area contributed by atoms with E-state index in [0.717, 1.165) is 0 Å². The highest BCUT2D eigenvalue weighted by Crippen LogP contribution is 2.22. The van der Waals surface area contributed by atoms with E-state index < -0.39 is 6.29 Å². The van der Waals surface area contributed by atoms with Crippen LogP contribution in [-0.2, 0) is 0 Å². The molecule has 1 aromatic carbocycles. The van der Waals surface area contributed by atoms with Gasteiger partial charge in [0.05, 0.1) is 10.0 Å². The van der Waals surface area contributed by atoms with E-state index in [1.165, 1.54) is 6.07 Å². The molecule has 2 rings (SSSR count). The van der Waals surface area contributed by atoms with Crippen LogP contribution in [0, 0.1) is 0 Å². The molecule has 0 aliphatic carbocycles. The predicted molar refractivity (Wildman–Crippen MR) is 60.3 cm³/mol. The number of benzene rings is 1. The third-order valence-electron chi connectivity index (χ3n) is 1.95. The highest BCUT2D eigenvalue weighted by Gasteiger charge is 2.16. The van der Waals surface area contributed by atoms with E-state index in [1.54, 1.807) is 12.1 Å². The van der Waals surface area contributed by atoms with E-state index in [1.807, 2.05) is 0 Å². The highest BCUT2D eigenvalue weighted by molar-refractivity contribution is 6.42. The Morgan fingerprint density at radius 1 is 1.19 bits per heavy atom. The average Bonchev–Trinajstić information content (AvgIpc) is 2.74. The summed E-state index contributed by atoms with van der Waals surface area (Å²) in [6.45, 7) is 0. The maximum atomic E-state index is 11.7. The van der Waals surface area contributed by atoms with Crippen LogP contribution < -0.4 is 27.2 Å². The predicted octanol–water partition coefficient (Wildman–Crippen LogP) is 0.124. The topological polar surface area (TPSA) is 77.2 Å². The Hall–Kier alpha value is -0.890. The van der Waals surface area contributed by atoms with Crippen LogP contribution in [0.5, 0.6) is 0 Å². The standard InChI is InChI=1S/C8H9Cl2N5O/c9-5-2-1-4(3-6(5)10)7(16)11-8-12-14-15-13-8/h1-3,8,12-15H,(H,11,16). The summed E-state index contributed by atoms with van der Waals surface area (Å²) in [5.74, 6) is -0.269. The third kappa shape index (κ3) is 2.62. The number of amides is 1. The van der Waals surface area contributed by atoms with E-state index in [0.29, 0.717) is 15.6 Å². The minimum absolute atomic E-state index is 0.269. The van der Waals surface area contributed by atoms with E-state index in [9.17, 15) is 4.79 Å². The minimum atomic E-state index is -0.401. The molecular weight excluding hydrogens is 253 g/mol. The number of hydrazine groups is 3. The molecule has 8 heteroatoms. The summed E-state index contributed by atoms with van der Waals surface area (Å²) < 4.78 is 0. The van der Waals surface area contributed by atoms with Crippen molar-refractivity contribution >= 4 is 29.1 Å². The molecule has 0 bridgehead atoms. The van der Waals surface area contributed by atoms with Crippen molar-refractivity contribution in [3.05, 3.63) is 33.8 Å². The van der Waals surface area contributed by atoms with E-state index in [-0.39, 0.29) is 5.91 Å². The molecule has 1 heterocycles.